The Bertz CT molecular complexity index is 1210. The van der Waals surface area contributed by atoms with E-state index in [-0.39, 0.29) is 11.0 Å². The van der Waals surface area contributed by atoms with Crippen molar-refractivity contribution >= 4 is 22.1 Å². The van der Waals surface area contributed by atoms with Gasteiger partial charge in [0.2, 0.25) is 0 Å². The van der Waals surface area contributed by atoms with Crippen LogP contribution >= 0.6 is 0 Å². The number of pyridine rings is 1. The number of rotatable bonds is 6. The van der Waals surface area contributed by atoms with E-state index in [1.807, 2.05) is 53.2 Å². The molecule has 29 heavy (non-hydrogen) atoms. The number of ether oxygens (including phenoxy) is 1. The van der Waals surface area contributed by atoms with Crippen molar-refractivity contribution in [3.63, 3.8) is 0 Å². The molecular weight excluding hydrogens is 366 g/mol. The number of nitrogens with one attached hydrogen (secondary N) is 1. The van der Waals surface area contributed by atoms with Crippen molar-refractivity contribution in [2.75, 3.05) is 25.1 Å². The highest BCUT2D eigenvalue weighted by molar-refractivity contribution is 5.92. The van der Waals surface area contributed by atoms with Gasteiger partial charge >= 0.3 is 0 Å². The molecule has 1 N–H and O–H groups in total. The van der Waals surface area contributed by atoms with Crippen molar-refractivity contribution in [1.29, 1.82) is 0 Å². The second-order valence-electron chi connectivity index (χ2n) is 8.05. The van der Waals surface area contributed by atoms with E-state index in [4.69, 9.17) is 4.74 Å². The zero-order chi connectivity index (χ0) is 19.8. The zero-order valence-corrected chi connectivity index (χ0v) is 16.3. The molecule has 148 valence electrons. The smallest absolute Gasteiger partial charge is 0.276 e. The minimum absolute atomic E-state index is 0.0793. The topological polar surface area (TPSA) is 73.5 Å². The van der Waals surface area contributed by atoms with Crippen LogP contribution in [0.3, 0.4) is 0 Å². The third-order valence-electron chi connectivity index (χ3n) is 5.48. The van der Waals surface area contributed by atoms with Crippen LogP contribution in [0.15, 0.2) is 59.8 Å². The number of hydrogen-bond donors (Lipinski definition) is 1. The van der Waals surface area contributed by atoms with E-state index in [1.54, 1.807) is 6.20 Å². The minimum Gasteiger partial charge on any atom is -0.384 e. The van der Waals surface area contributed by atoms with E-state index in [1.165, 1.54) is 4.68 Å². The molecule has 0 unspecified atom stereocenters. The maximum absolute atomic E-state index is 13.2. The summed E-state index contributed by atoms with van der Waals surface area (Å²) in [6.45, 7) is 4.93. The maximum Gasteiger partial charge on any atom is 0.276 e. The van der Waals surface area contributed by atoms with E-state index in [0.717, 1.165) is 42.2 Å². The van der Waals surface area contributed by atoms with Crippen LogP contribution in [0.1, 0.15) is 12.6 Å². The van der Waals surface area contributed by atoms with Gasteiger partial charge in [-0.3, -0.25) is 4.79 Å². The summed E-state index contributed by atoms with van der Waals surface area (Å²) < 4.78 is 8.85. The van der Waals surface area contributed by atoms with Gasteiger partial charge in [-0.05, 0) is 18.2 Å². The summed E-state index contributed by atoms with van der Waals surface area (Å²) in [7, 11) is 0. The molecule has 0 atom stereocenters. The predicted octanol–water partition coefficient (Wildman–Crippen LogP) is 2.74. The Hall–Kier alpha value is -3.19. The molecule has 0 saturated carbocycles. The number of aryl methyl sites for hydroxylation is 2. The number of hydrogen-bond acceptors (Lipinski definition) is 5. The van der Waals surface area contributed by atoms with Crippen LogP contribution in [0.25, 0.3) is 16.4 Å². The molecule has 3 aromatic heterocycles. The quantitative estimate of drug-likeness (QED) is 0.549. The Kier molecular flexibility index (Phi) is 4.32. The zero-order valence-electron chi connectivity index (χ0n) is 16.3. The molecule has 1 aliphatic rings. The third-order valence-corrected chi connectivity index (χ3v) is 5.48. The molecule has 4 aromatic rings. The maximum atomic E-state index is 13.2. The first-order valence-corrected chi connectivity index (χ1v) is 9.84. The summed E-state index contributed by atoms with van der Waals surface area (Å²) in [6, 6.07) is 11.7. The third kappa shape index (κ3) is 3.38. The first-order valence-electron chi connectivity index (χ1n) is 9.84. The molecule has 1 saturated heterocycles. The van der Waals surface area contributed by atoms with E-state index < -0.39 is 0 Å². The lowest BCUT2D eigenvalue weighted by molar-refractivity contribution is -0.0924. The number of anilines is 1. The molecule has 7 heteroatoms. The Morgan fingerprint density at radius 1 is 1.21 bits per heavy atom. The predicted molar refractivity (Wildman–Crippen MR) is 112 cm³/mol. The van der Waals surface area contributed by atoms with Crippen molar-refractivity contribution in [1.82, 2.24) is 19.2 Å². The van der Waals surface area contributed by atoms with Gasteiger partial charge in [-0.15, -0.1) is 0 Å². The standard InChI is InChI=1S/C22H23N5O2/c1-22(14-29-15-22)13-23-18-6-4-5-16-11-24-27(21(28)20(16)18)10-8-17-12-26-9-3-2-7-19(26)25-17/h2-7,9,11-12,23H,8,10,13-15H2,1H3. The molecule has 1 fully saturated rings. The van der Waals surface area contributed by atoms with E-state index in [0.29, 0.717) is 18.4 Å². The highest BCUT2D eigenvalue weighted by atomic mass is 16.5. The number of aromatic nitrogens is 4. The summed E-state index contributed by atoms with van der Waals surface area (Å²) >= 11 is 0. The van der Waals surface area contributed by atoms with E-state index >= 15 is 0 Å². The Morgan fingerprint density at radius 3 is 2.90 bits per heavy atom. The largest absolute Gasteiger partial charge is 0.384 e. The van der Waals surface area contributed by atoms with Crippen molar-refractivity contribution in [2.45, 2.75) is 19.9 Å². The van der Waals surface area contributed by atoms with Crippen LogP contribution in [0.5, 0.6) is 0 Å². The highest BCUT2D eigenvalue weighted by Gasteiger charge is 2.33. The molecule has 0 amide bonds. The first-order chi connectivity index (χ1) is 14.1. The SMILES string of the molecule is CC1(CNc2cccc3cnn(CCc4cn5ccccc5n4)c(=O)c23)COC1. The van der Waals surface area contributed by atoms with Gasteiger partial charge in [-0.2, -0.15) is 5.10 Å². The van der Waals surface area contributed by atoms with Gasteiger partial charge in [0, 0.05) is 41.8 Å². The average molecular weight is 389 g/mol. The van der Waals surface area contributed by atoms with Gasteiger partial charge in [0.15, 0.2) is 0 Å². The monoisotopic (exact) mass is 389 g/mol. The fraction of sp³-hybridized carbons (Fsp3) is 0.318. The molecule has 4 heterocycles. The van der Waals surface area contributed by atoms with Crippen molar-refractivity contribution in [2.24, 2.45) is 5.41 Å². The van der Waals surface area contributed by atoms with Gasteiger partial charge in [0.25, 0.3) is 5.56 Å². The van der Waals surface area contributed by atoms with Gasteiger partial charge in [0.1, 0.15) is 5.65 Å². The van der Waals surface area contributed by atoms with Crippen LogP contribution < -0.4 is 10.9 Å². The van der Waals surface area contributed by atoms with Crippen LogP contribution in [0.4, 0.5) is 5.69 Å². The summed E-state index contributed by atoms with van der Waals surface area (Å²) in [5, 5.41) is 9.36. The fourth-order valence-corrected chi connectivity index (χ4v) is 3.73. The molecular formula is C22H23N5O2. The van der Waals surface area contributed by atoms with Gasteiger partial charge in [-0.1, -0.05) is 25.1 Å². The second kappa shape index (κ2) is 7.00. The Balaban J connectivity index is 1.41. The number of imidazole rings is 1. The van der Waals surface area contributed by atoms with Crippen molar-refractivity contribution in [3.05, 3.63) is 71.0 Å². The second-order valence-corrected chi connectivity index (χ2v) is 8.05. The molecule has 0 aliphatic carbocycles. The number of benzene rings is 1. The van der Waals surface area contributed by atoms with Crippen LogP contribution in [0, 0.1) is 5.41 Å². The van der Waals surface area contributed by atoms with E-state index in [9.17, 15) is 4.79 Å². The Morgan fingerprint density at radius 2 is 2.10 bits per heavy atom. The molecule has 7 nitrogen and oxygen atoms in total. The lowest BCUT2D eigenvalue weighted by Gasteiger charge is -2.38. The average Bonchev–Trinajstić information content (AvgIpc) is 3.13. The summed E-state index contributed by atoms with van der Waals surface area (Å²) in [5.41, 5.74) is 2.74. The number of nitrogens with zero attached hydrogens (tertiary/aromatic N) is 4. The molecule has 0 spiro atoms. The van der Waals surface area contributed by atoms with E-state index in [2.05, 4.69) is 22.3 Å². The summed E-state index contributed by atoms with van der Waals surface area (Å²) in [6.07, 6.45) is 6.37. The Labute approximate surface area is 167 Å². The minimum atomic E-state index is -0.0793. The lowest BCUT2D eigenvalue weighted by Crippen LogP contribution is -2.45. The molecule has 0 radical (unpaired) electrons. The molecule has 1 aliphatic heterocycles. The molecule has 5 rings (SSSR count). The van der Waals surface area contributed by atoms with Crippen LogP contribution in [-0.2, 0) is 17.7 Å². The van der Waals surface area contributed by atoms with Gasteiger partial charge in [-0.25, -0.2) is 9.67 Å². The van der Waals surface area contributed by atoms with Crippen molar-refractivity contribution in [3.8, 4) is 0 Å². The van der Waals surface area contributed by atoms with Crippen LogP contribution in [0.2, 0.25) is 0 Å². The molecule has 0 bridgehead atoms. The first kappa shape index (κ1) is 17.9. The van der Waals surface area contributed by atoms with Gasteiger partial charge in [0.05, 0.1) is 37.0 Å². The lowest BCUT2D eigenvalue weighted by atomic mass is 9.88. The fourth-order valence-electron chi connectivity index (χ4n) is 3.73. The van der Waals surface area contributed by atoms with Crippen molar-refractivity contribution < 1.29 is 4.74 Å². The summed E-state index contributed by atoms with van der Waals surface area (Å²) in [4.78, 5) is 17.8. The van der Waals surface area contributed by atoms with Crippen LogP contribution in [-0.4, -0.2) is 38.9 Å². The number of fused-ring (bicyclic) bond motifs is 2. The summed E-state index contributed by atoms with van der Waals surface area (Å²) in [5.74, 6) is 0. The van der Waals surface area contributed by atoms with Gasteiger partial charge < -0.3 is 14.5 Å². The highest BCUT2D eigenvalue weighted by Crippen LogP contribution is 2.28. The molecule has 1 aromatic carbocycles. The normalized spacial score (nSPS) is 15.5.